The van der Waals surface area contributed by atoms with Gasteiger partial charge in [-0.3, -0.25) is 0 Å². The zero-order valence-electron chi connectivity index (χ0n) is 19.4. The van der Waals surface area contributed by atoms with Gasteiger partial charge in [-0.1, -0.05) is 29.8 Å². The molecule has 1 amide bonds. The van der Waals surface area contributed by atoms with Gasteiger partial charge in [-0.15, -0.1) is 5.11 Å². The molecule has 34 heavy (non-hydrogen) atoms. The van der Waals surface area contributed by atoms with Gasteiger partial charge in [-0.05, 0) is 12.5 Å². The molecule has 1 aromatic carbocycles. The Kier molecular flexibility index (Phi) is 8.58. The normalized spacial score (nSPS) is 16.6. The third-order valence-electron chi connectivity index (χ3n) is 5.33. The molecule has 0 spiro atoms. The highest BCUT2D eigenvalue weighted by molar-refractivity contribution is 5.67. The quantitative estimate of drug-likeness (QED) is 0.428. The molecule has 1 aromatic heterocycles. The first-order chi connectivity index (χ1) is 16.7. The van der Waals surface area contributed by atoms with Gasteiger partial charge in [0.05, 0.1) is 33.0 Å². The lowest BCUT2D eigenvalue weighted by atomic mass is 10.1. The van der Waals surface area contributed by atoms with Crippen LogP contribution >= 0.6 is 0 Å². The summed E-state index contributed by atoms with van der Waals surface area (Å²) in [5.74, 6) is 1.10. The smallest absolute Gasteiger partial charge is 0.410 e. The Bertz CT molecular complexity index is 976. The van der Waals surface area contributed by atoms with E-state index in [1.54, 1.807) is 11.0 Å². The standard InChI is InChI=1S/C23H30N6O5/c1-18-3-2-4-19(15-18)17-24-27-20-16-21(28-5-9-31-10-6-28)26-22(25-20)33-13-14-34-23(30)29-7-11-32-12-8-29/h2-4,15-16H,5-14,17H2,1H3. The molecule has 0 unspecified atom stereocenters. The molecule has 2 aromatic rings. The summed E-state index contributed by atoms with van der Waals surface area (Å²) in [6, 6.07) is 10.1. The summed E-state index contributed by atoms with van der Waals surface area (Å²) < 4.78 is 21.7. The van der Waals surface area contributed by atoms with E-state index >= 15 is 0 Å². The fourth-order valence-corrected chi connectivity index (χ4v) is 3.57. The van der Waals surface area contributed by atoms with Crippen molar-refractivity contribution >= 4 is 17.7 Å². The van der Waals surface area contributed by atoms with E-state index in [0.717, 1.165) is 5.56 Å². The number of anilines is 1. The number of hydrogen-bond donors (Lipinski definition) is 0. The van der Waals surface area contributed by atoms with E-state index in [-0.39, 0.29) is 25.3 Å². The molecule has 2 fully saturated rings. The Morgan fingerprint density at radius 2 is 1.79 bits per heavy atom. The number of azo groups is 1. The highest BCUT2D eigenvalue weighted by Gasteiger charge is 2.18. The summed E-state index contributed by atoms with van der Waals surface area (Å²) in [5, 5.41) is 8.60. The predicted molar refractivity (Wildman–Crippen MR) is 124 cm³/mol. The molecule has 182 valence electrons. The fourth-order valence-electron chi connectivity index (χ4n) is 3.57. The molecule has 0 bridgehead atoms. The van der Waals surface area contributed by atoms with Gasteiger partial charge in [0, 0.05) is 32.2 Å². The zero-order chi connectivity index (χ0) is 23.6. The largest absolute Gasteiger partial charge is 0.460 e. The number of aromatic nitrogens is 2. The van der Waals surface area contributed by atoms with Crippen LogP contribution in [0.4, 0.5) is 16.4 Å². The molecule has 2 aliphatic rings. The molecular formula is C23H30N6O5. The Balaban J connectivity index is 1.37. The van der Waals surface area contributed by atoms with Gasteiger partial charge >= 0.3 is 12.1 Å². The van der Waals surface area contributed by atoms with Gasteiger partial charge in [0.2, 0.25) is 0 Å². The zero-order valence-corrected chi connectivity index (χ0v) is 19.4. The number of carbonyl (C=O) groups excluding carboxylic acids is 1. The maximum Gasteiger partial charge on any atom is 0.410 e. The van der Waals surface area contributed by atoms with E-state index in [9.17, 15) is 4.79 Å². The minimum absolute atomic E-state index is 0.0888. The second-order valence-electron chi connectivity index (χ2n) is 7.92. The van der Waals surface area contributed by atoms with Gasteiger partial charge in [0.1, 0.15) is 19.0 Å². The topological polar surface area (TPSA) is 111 Å². The number of nitrogens with zero attached hydrogens (tertiary/aromatic N) is 6. The molecule has 2 aliphatic heterocycles. The summed E-state index contributed by atoms with van der Waals surface area (Å²) in [7, 11) is 0. The van der Waals surface area contributed by atoms with Gasteiger partial charge < -0.3 is 28.7 Å². The minimum Gasteiger partial charge on any atom is -0.460 e. The van der Waals surface area contributed by atoms with E-state index in [1.807, 2.05) is 25.1 Å². The van der Waals surface area contributed by atoms with Crippen LogP contribution in [0.2, 0.25) is 0 Å². The van der Waals surface area contributed by atoms with Crippen molar-refractivity contribution in [2.75, 3.05) is 70.7 Å². The monoisotopic (exact) mass is 470 g/mol. The van der Waals surface area contributed by atoms with Crippen molar-refractivity contribution in [1.82, 2.24) is 14.9 Å². The van der Waals surface area contributed by atoms with Crippen LogP contribution in [0.1, 0.15) is 11.1 Å². The highest BCUT2D eigenvalue weighted by atomic mass is 16.6. The van der Waals surface area contributed by atoms with Gasteiger partial charge in [0.25, 0.3) is 0 Å². The van der Waals surface area contributed by atoms with Crippen LogP contribution in [0.5, 0.6) is 6.01 Å². The molecule has 0 radical (unpaired) electrons. The van der Waals surface area contributed by atoms with Crippen LogP contribution < -0.4 is 9.64 Å². The molecule has 4 rings (SSSR count). The van der Waals surface area contributed by atoms with Crippen LogP contribution in [0.15, 0.2) is 40.6 Å². The van der Waals surface area contributed by atoms with Crippen LogP contribution in [-0.4, -0.2) is 86.8 Å². The second kappa shape index (κ2) is 12.2. The van der Waals surface area contributed by atoms with E-state index in [1.165, 1.54) is 5.56 Å². The molecule has 11 nitrogen and oxygen atoms in total. The van der Waals surface area contributed by atoms with Crippen molar-refractivity contribution < 1.29 is 23.7 Å². The van der Waals surface area contributed by atoms with Gasteiger partial charge in [0.15, 0.2) is 5.82 Å². The van der Waals surface area contributed by atoms with Crippen molar-refractivity contribution in [3.05, 3.63) is 41.5 Å². The maximum absolute atomic E-state index is 12.1. The van der Waals surface area contributed by atoms with Crippen molar-refractivity contribution in [3.63, 3.8) is 0 Å². The molecule has 2 saturated heterocycles. The number of amides is 1. The van der Waals surface area contributed by atoms with E-state index in [0.29, 0.717) is 70.8 Å². The number of hydrogen-bond acceptors (Lipinski definition) is 10. The van der Waals surface area contributed by atoms with Crippen LogP contribution in [0.25, 0.3) is 0 Å². The first-order valence-corrected chi connectivity index (χ1v) is 11.4. The number of benzene rings is 1. The number of aryl methyl sites for hydroxylation is 1. The lowest BCUT2D eigenvalue weighted by Gasteiger charge is -2.27. The lowest BCUT2D eigenvalue weighted by molar-refractivity contribution is 0.0236. The maximum atomic E-state index is 12.1. The number of rotatable bonds is 8. The van der Waals surface area contributed by atoms with Crippen molar-refractivity contribution in [2.45, 2.75) is 13.5 Å². The highest BCUT2D eigenvalue weighted by Crippen LogP contribution is 2.23. The fraction of sp³-hybridized carbons (Fsp3) is 0.522. The van der Waals surface area contributed by atoms with Crippen LogP contribution in [-0.2, 0) is 20.8 Å². The van der Waals surface area contributed by atoms with E-state index in [4.69, 9.17) is 18.9 Å². The molecule has 0 aliphatic carbocycles. The first-order valence-electron chi connectivity index (χ1n) is 11.4. The minimum atomic E-state index is -0.375. The summed E-state index contributed by atoms with van der Waals surface area (Å²) in [6.07, 6.45) is -0.375. The lowest BCUT2D eigenvalue weighted by Crippen LogP contribution is -2.41. The Hall–Kier alpha value is -3.31. The summed E-state index contributed by atoms with van der Waals surface area (Å²) in [5.41, 5.74) is 2.25. The molecule has 3 heterocycles. The third kappa shape index (κ3) is 7.09. The van der Waals surface area contributed by atoms with Crippen LogP contribution in [0.3, 0.4) is 0 Å². The SMILES string of the molecule is Cc1cccc(CN=Nc2cc(N3CCOCC3)nc(OCCOC(=O)N3CCOCC3)n2)c1. The molecular weight excluding hydrogens is 440 g/mol. The van der Waals surface area contributed by atoms with Crippen molar-refractivity contribution in [3.8, 4) is 6.01 Å². The number of morpholine rings is 2. The van der Waals surface area contributed by atoms with Crippen molar-refractivity contribution in [1.29, 1.82) is 0 Å². The van der Waals surface area contributed by atoms with Gasteiger partial charge in [-0.2, -0.15) is 15.1 Å². The Morgan fingerprint density at radius 1 is 1.03 bits per heavy atom. The molecule has 0 saturated carbocycles. The van der Waals surface area contributed by atoms with E-state index in [2.05, 4.69) is 31.2 Å². The van der Waals surface area contributed by atoms with Crippen LogP contribution in [0, 0.1) is 6.92 Å². The summed E-state index contributed by atoms with van der Waals surface area (Å²) in [6.45, 7) is 7.50. The number of carbonyl (C=O) groups is 1. The molecule has 0 N–H and O–H groups in total. The number of ether oxygens (including phenoxy) is 4. The summed E-state index contributed by atoms with van der Waals surface area (Å²) >= 11 is 0. The average Bonchev–Trinajstić information content (AvgIpc) is 2.87. The first kappa shape index (κ1) is 23.8. The Morgan fingerprint density at radius 3 is 2.56 bits per heavy atom. The van der Waals surface area contributed by atoms with E-state index < -0.39 is 0 Å². The summed E-state index contributed by atoms with van der Waals surface area (Å²) in [4.78, 5) is 24.7. The third-order valence-corrected chi connectivity index (χ3v) is 5.33. The predicted octanol–water partition coefficient (Wildman–Crippen LogP) is 2.75. The molecule has 0 atom stereocenters. The molecule has 11 heteroatoms. The average molecular weight is 471 g/mol. The van der Waals surface area contributed by atoms with Crippen molar-refractivity contribution in [2.24, 2.45) is 10.2 Å². The second-order valence-corrected chi connectivity index (χ2v) is 7.92. The Labute approximate surface area is 198 Å². The van der Waals surface area contributed by atoms with Gasteiger partial charge in [-0.25, -0.2) is 4.79 Å².